The quantitative estimate of drug-likeness (QED) is 0.876. The van der Waals surface area contributed by atoms with Gasteiger partial charge in [-0.05, 0) is 24.1 Å². The van der Waals surface area contributed by atoms with Crippen molar-refractivity contribution in [2.45, 2.75) is 24.8 Å². The number of nitrogens with one attached hydrogen (secondary N) is 1. The second-order valence-electron chi connectivity index (χ2n) is 5.69. The molecule has 1 aromatic rings. The summed E-state index contributed by atoms with van der Waals surface area (Å²) in [5.41, 5.74) is 0.944. The maximum absolute atomic E-state index is 13.3. The molecule has 2 N–H and O–H groups in total. The standard InChI is InChI=1S/C15H18F2N2O4/c16-15(17)6-11(7-20)19(8-15)14(21)18-4-3-10-1-2-12-13(5-10)23-9-22-12/h1-2,5,11,20H,3-4,6-9H2,(H,18,21). The summed E-state index contributed by atoms with van der Waals surface area (Å²) in [4.78, 5) is 13.0. The van der Waals surface area contributed by atoms with Crippen LogP contribution in [0.2, 0.25) is 0 Å². The highest BCUT2D eigenvalue weighted by Crippen LogP contribution is 2.33. The highest BCUT2D eigenvalue weighted by Gasteiger charge is 2.46. The molecule has 0 spiro atoms. The molecule has 6 nitrogen and oxygen atoms in total. The molecule has 1 atom stereocenters. The van der Waals surface area contributed by atoms with Gasteiger partial charge in [0.25, 0.3) is 5.92 Å². The van der Waals surface area contributed by atoms with Crippen LogP contribution in [0.4, 0.5) is 13.6 Å². The molecule has 23 heavy (non-hydrogen) atoms. The number of nitrogens with zero attached hydrogens (tertiary/aromatic N) is 1. The SMILES string of the molecule is O=C(NCCc1ccc2c(c1)OCO2)N1CC(F)(F)CC1CO. The van der Waals surface area contributed by atoms with Crippen molar-refractivity contribution in [1.82, 2.24) is 10.2 Å². The fourth-order valence-electron chi connectivity index (χ4n) is 2.81. The Balaban J connectivity index is 1.51. The number of halogens is 2. The van der Waals surface area contributed by atoms with Gasteiger partial charge in [-0.2, -0.15) is 0 Å². The number of rotatable bonds is 4. The van der Waals surface area contributed by atoms with Gasteiger partial charge in [-0.15, -0.1) is 0 Å². The average Bonchev–Trinajstić information content (AvgIpc) is 3.10. The summed E-state index contributed by atoms with van der Waals surface area (Å²) < 4.78 is 37.2. The van der Waals surface area contributed by atoms with E-state index in [1.165, 1.54) is 0 Å². The number of alkyl halides is 2. The predicted molar refractivity (Wildman–Crippen MR) is 76.8 cm³/mol. The zero-order chi connectivity index (χ0) is 16.4. The van der Waals surface area contributed by atoms with Crippen LogP contribution >= 0.6 is 0 Å². The van der Waals surface area contributed by atoms with E-state index in [0.29, 0.717) is 24.5 Å². The van der Waals surface area contributed by atoms with Crippen molar-refractivity contribution >= 4 is 6.03 Å². The Morgan fingerprint density at radius 3 is 2.96 bits per heavy atom. The lowest BCUT2D eigenvalue weighted by Gasteiger charge is -2.22. The van der Waals surface area contributed by atoms with E-state index >= 15 is 0 Å². The van der Waals surface area contributed by atoms with Crippen LogP contribution < -0.4 is 14.8 Å². The van der Waals surface area contributed by atoms with Crippen molar-refractivity contribution in [2.24, 2.45) is 0 Å². The molecular formula is C15H18F2N2O4. The van der Waals surface area contributed by atoms with Crippen molar-refractivity contribution in [2.75, 3.05) is 26.5 Å². The second-order valence-corrected chi connectivity index (χ2v) is 5.69. The van der Waals surface area contributed by atoms with Crippen LogP contribution in [0.1, 0.15) is 12.0 Å². The van der Waals surface area contributed by atoms with Crippen LogP contribution in [0.15, 0.2) is 18.2 Å². The van der Waals surface area contributed by atoms with Crippen LogP contribution in [0.5, 0.6) is 11.5 Å². The number of carbonyl (C=O) groups excluding carboxylic acids is 1. The first-order chi connectivity index (χ1) is 11.0. The first-order valence-electron chi connectivity index (χ1n) is 7.40. The van der Waals surface area contributed by atoms with E-state index in [1.54, 1.807) is 6.07 Å². The molecule has 0 radical (unpaired) electrons. The molecule has 0 bridgehead atoms. The maximum Gasteiger partial charge on any atom is 0.317 e. The monoisotopic (exact) mass is 328 g/mol. The van der Waals surface area contributed by atoms with Gasteiger partial charge in [-0.25, -0.2) is 13.6 Å². The lowest BCUT2D eigenvalue weighted by molar-refractivity contribution is 0.0141. The number of likely N-dealkylation sites (tertiary alicyclic amines) is 1. The number of benzene rings is 1. The lowest BCUT2D eigenvalue weighted by atomic mass is 10.1. The molecule has 1 aromatic carbocycles. The first kappa shape index (κ1) is 15.8. The molecule has 2 heterocycles. The van der Waals surface area contributed by atoms with Gasteiger partial charge in [0.1, 0.15) is 0 Å². The molecule has 1 saturated heterocycles. The largest absolute Gasteiger partial charge is 0.454 e. The summed E-state index contributed by atoms with van der Waals surface area (Å²) >= 11 is 0. The minimum absolute atomic E-state index is 0.196. The molecule has 0 aromatic heterocycles. The molecule has 8 heteroatoms. The number of carbonyl (C=O) groups is 1. The average molecular weight is 328 g/mol. The molecule has 2 aliphatic rings. The van der Waals surface area contributed by atoms with Gasteiger partial charge in [0, 0.05) is 13.0 Å². The van der Waals surface area contributed by atoms with E-state index in [9.17, 15) is 13.6 Å². The lowest BCUT2D eigenvalue weighted by Crippen LogP contribution is -2.45. The molecule has 3 rings (SSSR count). The fraction of sp³-hybridized carbons (Fsp3) is 0.533. The zero-order valence-corrected chi connectivity index (χ0v) is 12.4. The molecule has 0 aliphatic carbocycles. The second kappa shape index (κ2) is 6.19. The number of hydrogen-bond donors (Lipinski definition) is 2. The summed E-state index contributed by atoms with van der Waals surface area (Å²) in [5.74, 6) is -1.60. The Kier molecular flexibility index (Phi) is 4.25. The highest BCUT2D eigenvalue weighted by atomic mass is 19.3. The number of aliphatic hydroxyl groups excluding tert-OH is 1. The van der Waals surface area contributed by atoms with E-state index < -0.39 is 37.6 Å². The number of amides is 2. The summed E-state index contributed by atoms with van der Waals surface area (Å²) in [6.07, 6.45) is 0.0372. The van der Waals surface area contributed by atoms with Gasteiger partial charge in [-0.3, -0.25) is 0 Å². The van der Waals surface area contributed by atoms with Gasteiger partial charge in [0.2, 0.25) is 6.79 Å². The normalized spacial score (nSPS) is 21.5. The van der Waals surface area contributed by atoms with Crippen molar-refractivity contribution in [1.29, 1.82) is 0 Å². The van der Waals surface area contributed by atoms with Crippen LogP contribution in [0.25, 0.3) is 0 Å². The molecular weight excluding hydrogens is 310 g/mol. The minimum Gasteiger partial charge on any atom is -0.454 e. The smallest absolute Gasteiger partial charge is 0.317 e. The van der Waals surface area contributed by atoms with Gasteiger partial charge < -0.3 is 24.8 Å². The summed E-state index contributed by atoms with van der Waals surface area (Å²) in [7, 11) is 0. The van der Waals surface area contributed by atoms with Gasteiger partial charge >= 0.3 is 6.03 Å². The molecule has 1 fully saturated rings. The Labute approximate surface area is 132 Å². The minimum atomic E-state index is -2.94. The fourth-order valence-corrected chi connectivity index (χ4v) is 2.81. The number of fused-ring (bicyclic) bond motifs is 1. The number of ether oxygens (including phenoxy) is 2. The third kappa shape index (κ3) is 3.47. The third-order valence-electron chi connectivity index (χ3n) is 3.98. The van der Waals surface area contributed by atoms with Crippen molar-refractivity contribution in [3.05, 3.63) is 23.8 Å². The Morgan fingerprint density at radius 1 is 1.39 bits per heavy atom. The summed E-state index contributed by atoms with van der Waals surface area (Å²) in [5, 5.41) is 11.7. The predicted octanol–water partition coefficient (Wildman–Crippen LogP) is 1.37. The van der Waals surface area contributed by atoms with Gasteiger partial charge in [0.05, 0.1) is 19.2 Å². The Hall–Kier alpha value is -2.09. The van der Waals surface area contributed by atoms with Gasteiger partial charge in [0.15, 0.2) is 11.5 Å². The number of aliphatic hydroxyl groups is 1. The summed E-state index contributed by atoms with van der Waals surface area (Å²) in [6.45, 7) is -0.626. The van der Waals surface area contributed by atoms with E-state index in [2.05, 4.69) is 5.32 Å². The van der Waals surface area contributed by atoms with Crippen molar-refractivity contribution < 1.29 is 28.2 Å². The zero-order valence-electron chi connectivity index (χ0n) is 12.4. The van der Waals surface area contributed by atoms with Crippen molar-refractivity contribution in [3.63, 3.8) is 0 Å². The van der Waals surface area contributed by atoms with Gasteiger partial charge in [-0.1, -0.05) is 6.07 Å². The van der Waals surface area contributed by atoms with E-state index in [4.69, 9.17) is 14.6 Å². The van der Waals surface area contributed by atoms with Crippen LogP contribution in [0, 0.1) is 0 Å². The van der Waals surface area contributed by atoms with E-state index in [-0.39, 0.29) is 6.79 Å². The molecule has 2 aliphatic heterocycles. The molecule has 1 unspecified atom stereocenters. The Morgan fingerprint density at radius 2 is 2.17 bits per heavy atom. The van der Waals surface area contributed by atoms with E-state index in [0.717, 1.165) is 10.5 Å². The molecule has 0 saturated carbocycles. The Bertz CT molecular complexity index is 597. The van der Waals surface area contributed by atoms with E-state index in [1.807, 2.05) is 12.1 Å². The van der Waals surface area contributed by atoms with Crippen LogP contribution in [0.3, 0.4) is 0 Å². The molecule has 2 amide bonds. The number of urea groups is 1. The number of hydrogen-bond acceptors (Lipinski definition) is 4. The van der Waals surface area contributed by atoms with Crippen molar-refractivity contribution in [3.8, 4) is 11.5 Å². The third-order valence-corrected chi connectivity index (χ3v) is 3.98. The topological polar surface area (TPSA) is 71.0 Å². The summed E-state index contributed by atoms with van der Waals surface area (Å²) in [6, 6.07) is 4.06. The van der Waals surface area contributed by atoms with Crippen LogP contribution in [-0.2, 0) is 6.42 Å². The molecule has 126 valence electrons. The first-order valence-corrected chi connectivity index (χ1v) is 7.40. The maximum atomic E-state index is 13.3. The highest BCUT2D eigenvalue weighted by molar-refractivity contribution is 5.75. The van der Waals surface area contributed by atoms with Crippen LogP contribution in [-0.4, -0.2) is 54.5 Å².